The van der Waals surface area contributed by atoms with E-state index >= 15 is 0 Å². The SMILES string of the molecule is COC1CC(C=CC(=O)OCC2OC(OC3CC(O)CC4[OH+]C(C5CC(O)C(O)C(O)C5)C(OC5OC(CO)C(O)C(O)C5O)CC34)C(O)C(O)C2O)CCC1O. The van der Waals surface area contributed by atoms with Gasteiger partial charge in [0.1, 0.15) is 67.6 Å². The number of aliphatic hydroxyl groups excluding tert-OH is 12. The van der Waals surface area contributed by atoms with Crippen molar-refractivity contribution in [2.24, 2.45) is 17.8 Å². The first-order valence-electron chi connectivity index (χ1n) is 19.9. The van der Waals surface area contributed by atoms with Crippen LogP contribution in [0.3, 0.4) is 0 Å². The zero-order chi connectivity index (χ0) is 41.3. The van der Waals surface area contributed by atoms with Gasteiger partial charge in [-0.15, -0.1) is 0 Å². The van der Waals surface area contributed by atoms with E-state index in [9.17, 15) is 66.1 Å². The lowest BCUT2D eigenvalue weighted by molar-refractivity contribution is -0.368. The number of carbonyl (C=O) groups excluding carboxylic acids is 1. The molecule has 3 aliphatic carbocycles. The molecule has 0 aromatic rings. The number of aliphatic hydroxyl groups is 14. The van der Waals surface area contributed by atoms with Gasteiger partial charge in [0.2, 0.25) is 0 Å². The minimum Gasteiger partial charge on any atom is -0.460 e. The van der Waals surface area contributed by atoms with Crippen molar-refractivity contribution >= 4 is 5.97 Å². The smallest absolute Gasteiger partial charge is 0.330 e. The topological polar surface area (TPSA) is 328 Å². The highest BCUT2D eigenvalue weighted by Crippen LogP contribution is 2.44. The summed E-state index contributed by atoms with van der Waals surface area (Å²) in [6.45, 7) is -1.22. The standard InChI is InChI=1S/C37H60O20/c1-51-23-6-14(2-4-18(23)40)3-5-27(43)52-13-26-30(46)32(48)34(50)36(57-26)54-22-10-16(39)9-21-17(22)11-24(35(53-21)15-7-19(41)28(44)20(42)8-15)55-37-33(49)31(47)29(45)25(12-38)56-37/h3,5,14-26,28-42,44-50H,2,4,6-13H2,1H3/p+1. The van der Waals surface area contributed by atoms with Crippen molar-refractivity contribution in [3.05, 3.63) is 12.2 Å². The van der Waals surface area contributed by atoms with Crippen LogP contribution in [0.5, 0.6) is 0 Å². The van der Waals surface area contributed by atoms with Crippen LogP contribution in [-0.4, -0.2) is 215 Å². The van der Waals surface area contributed by atoms with Gasteiger partial charge in [0.05, 0.1) is 49.1 Å². The Hall–Kier alpha value is -1.51. The minimum atomic E-state index is -1.78. The average Bonchev–Trinajstić information content (AvgIpc) is 3.19. The fourth-order valence-electron chi connectivity index (χ4n) is 9.38. The number of allylic oxidation sites excluding steroid dienone is 1. The summed E-state index contributed by atoms with van der Waals surface area (Å²) >= 11 is 0. The molecule has 13 N–H and O–H groups in total. The van der Waals surface area contributed by atoms with E-state index in [-0.39, 0.29) is 44.1 Å². The summed E-state index contributed by atoms with van der Waals surface area (Å²) in [4.78, 5) is 12.6. The second-order valence-corrected chi connectivity index (χ2v) is 16.6. The molecule has 3 aliphatic heterocycles. The van der Waals surface area contributed by atoms with Crippen molar-refractivity contribution in [2.75, 3.05) is 20.3 Å². The van der Waals surface area contributed by atoms with E-state index in [1.54, 1.807) is 6.08 Å². The lowest BCUT2D eigenvalue weighted by Gasteiger charge is -2.50. The van der Waals surface area contributed by atoms with Crippen LogP contribution in [0.15, 0.2) is 12.2 Å². The lowest BCUT2D eigenvalue weighted by atomic mass is 9.72. The van der Waals surface area contributed by atoms with Gasteiger partial charge in [-0.25, -0.2) is 4.79 Å². The minimum absolute atomic E-state index is 0.0129. The van der Waals surface area contributed by atoms with Crippen molar-refractivity contribution < 1.29 is 99.2 Å². The summed E-state index contributed by atoms with van der Waals surface area (Å²) in [5.41, 5.74) is 0. The van der Waals surface area contributed by atoms with Gasteiger partial charge in [-0.1, -0.05) is 6.08 Å². The van der Waals surface area contributed by atoms with E-state index in [2.05, 4.69) is 0 Å². The zero-order valence-corrected chi connectivity index (χ0v) is 31.7. The van der Waals surface area contributed by atoms with E-state index in [1.165, 1.54) is 13.2 Å². The molecule has 20 heteroatoms. The summed E-state index contributed by atoms with van der Waals surface area (Å²) in [6, 6.07) is 0. The molecule has 3 heterocycles. The predicted molar refractivity (Wildman–Crippen MR) is 188 cm³/mol. The molecule has 0 spiro atoms. The van der Waals surface area contributed by atoms with Crippen molar-refractivity contribution in [3.63, 3.8) is 0 Å². The first kappa shape index (κ1) is 45.0. The van der Waals surface area contributed by atoms with E-state index in [1.807, 2.05) is 0 Å². The zero-order valence-electron chi connectivity index (χ0n) is 31.7. The number of rotatable bonds is 11. The van der Waals surface area contributed by atoms with Crippen LogP contribution < -0.4 is 0 Å². The van der Waals surface area contributed by atoms with Crippen LogP contribution in [0.1, 0.15) is 51.4 Å². The molecule has 328 valence electrons. The number of hydrogen-bond donors (Lipinski definition) is 12. The number of methoxy groups -OCH3 is 1. The monoisotopic (exact) mass is 825 g/mol. The Bertz CT molecular complexity index is 1310. The van der Waals surface area contributed by atoms with Gasteiger partial charge in [0.15, 0.2) is 24.8 Å². The second-order valence-electron chi connectivity index (χ2n) is 16.6. The quantitative estimate of drug-likeness (QED) is 0.0525. The molecule has 0 radical (unpaired) electrons. The van der Waals surface area contributed by atoms with Crippen molar-refractivity contribution in [1.29, 1.82) is 0 Å². The molecule has 6 aliphatic rings. The number of esters is 1. The second kappa shape index (κ2) is 19.5. The summed E-state index contributed by atoms with van der Waals surface area (Å²) in [7, 11) is 1.50. The first-order valence-corrected chi connectivity index (χ1v) is 19.9. The third-order valence-electron chi connectivity index (χ3n) is 12.7. The van der Waals surface area contributed by atoms with Gasteiger partial charge in [-0.05, 0) is 44.4 Å². The van der Waals surface area contributed by atoms with Gasteiger partial charge in [0.25, 0.3) is 0 Å². The van der Waals surface area contributed by atoms with Gasteiger partial charge in [-0.3, -0.25) is 0 Å². The molecule has 20 nitrogen and oxygen atoms in total. The van der Waals surface area contributed by atoms with Crippen LogP contribution in [0.25, 0.3) is 0 Å². The van der Waals surface area contributed by atoms with E-state index in [4.69, 9.17) is 33.2 Å². The fraction of sp³-hybridized carbons (Fsp3) is 0.919. The molecule has 0 amide bonds. The third kappa shape index (κ3) is 10.2. The Morgan fingerprint density at radius 3 is 1.91 bits per heavy atom. The van der Waals surface area contributed by atoms with Crippen LogP contribution in [0, 0.1) is 17.8 Å². The average molecular weight is 826 g/mol. The van der Waals surface area contributed by atoms with Crippen LogP contribution in [-0.2, 0) is 33.2 Å². The molecule has 21 unspecified atom stereocenters. The normalized spacial score (nSPS) is 51.0. The molecule has 0 aromatic heterocycles. The number of ether oxygens (including phenoxy) is 7. The van der Waals surface area contributed by atoms with Crippen LogP contribution in [0.4, 0.5) is 0 Å². The lowest BCUT2D eigenvalue weighted by Crippen LogP contribution is -2.64. The largest absolute Gasteiger partial charge is 0.460 e. The molecule has 21 atom stereocenters. The molecule has 6 fully saturated rings. The molecule has 0 bridgehead atoms. The van der Waals surface area contributed by atoms with Crippen molar-refractivity contribution in [2.45, 2.75) is 174 Å². The molecule has 3 saturated carbocycles. The molecular weight excluding hydrogens is 764 g/mol. The maximum Gasteiger partial charge on any atom is 0.330 e. The first-order chi connectivity index (χ1) is 27.1. The fourth-order valence-corrected chi connectivity index (χ4v) is 9.38. The highest BCUT2D eigenvalue weighted by molar-refractivity contribution is 5.81. The Kier molecular flexibility index (Phi) is 15.4. The Morgan fingerprint density at radius 2 is 1.28 bits per heavy atom. The van der Waals surface area contributed by atoms with Crippen LogP contribution >= 0.6 is 0 Å². The molecular formula is C37H61O20+. The number of hydrogen-bond acceptors (Lipinski definition) is 19. The summed E-state index contributed by atoms with van der Waals surface area (Å²) in [6.07, 6.45) is -20.5. The summed E-state index contributed by atoms with van der Waals surface area (Å²) in [5, 5.41) is 126. The summed E-state index contributed by atoms with van der Waals surface area (Å²) < 4.78 is 39.6. The Labute approximate surface area is 329 Å². The van der Waals surface area contributed by atoms with Gasteiger partial charge in [0, 0.05) is 31.9 Å². The van der Waals surface area contributed by atoms with Crippen molar-refractivity contribution in [1.82, 2.24) is 0 Å². The van der Waals surface area contributed by atoms with Crippen molar-refractivity contribution in [3.8, 4) is 0 Å². The van der Waals surface area contributed by atoms with E-state index in [0.717, 1.165) is 0 Å². The van der Waals surface area contributed by atoms with E-state index < -0.39 is 147 Å². The number of fused-ring (bicyclic) bond motifs is 1. The maximum absolute atomic E-state index is 12.6. The summed E-state index contributed by atoms with van der Waals surface area (Å²) in [5.74, 6) is -1.93. The van der Waals surface area contributed by atoms with Gasteiger partial charge >= 0.3 is 5.97 Å². The maximum atomic E-state index is 12.6. The molecule has 6 rings (SSSR count). The molecule has 57 heavy (non-hydrogen) atoms. The predicted octanol–water partition coefficient (Wildman–Crippen LogP) is -5.43. The Balaban J connectivity index is 1.15. The highest BCUT2D eigenvalue weighted by Gasteiger charge is 2.57. The third-order valence-corrected chi connectivity index (χ3v) is 12.7. The van der Waals surface area contributed by atoms with Gasteiger partial charge < -0.3 is 94.4 Å². The van der Waals surface area contributed by atoms with E-state index in [0.29, 0.717) is 19.3 Å². The highest BCUT2D eigenvalue weighted by atomic mass is 16.7. The van der Waals surface area contributed by atoms with Gasteiger partial charge in [-0.2, -0.15) is 0 Å². The molecule has 0 aromatic carbocycles. The molecule has 3 saturated heterocycles. The van der Waals surface area contributed by atoms with Crippen LogP contribution in [0.2, 0.25) is 0 Å². The number of carbonyl (C=O) groups is 1. The Morgan fingerprint density at radius 1 is 0.667 bits per heavy atom.